The summed E-state index contributed by atoms with van der Waals surface area (Å²) in [4.78, 5) is 20.3. The van der Waals surface area contributed by atoms with E-state index in [4.69, 9.17) is 0 Å². The predicted molar refractivity (Wildman–Crippen MR) is 95.9 cm³/mol. The lowest BCUT2D eigenvalue weighted by Gasteiger charge is -2.10. The average Bonchev–Trinajstić information content (AvgIpc) is 2.61. The van der Waals surface area contributed by atoms with E-state index >= 15 is 0 Å². The van der Waals surface area contributed by atoms with E-state index in [0.717, 1.165) is 23.4 Å². The number of carbonyl (C=O) groups is 1. The Morgan fingerprint density at radius 2 is 1.70 bits per heavy atom. The first-order valence-electron chi connectivity index (χ1n) is 7.95. The number of hydrogen-bond acceptors (Lipinski definition) is 4. The van der Waals surface area contributed by atoms with Gasteiger partial charge in [-0.1, -0.05) is 18.2 Å². The monoisotopic (exact) mass is 372 g/mol. The van der Waals surface area contributed by atoms with E-state index in [1.807, 2.05) is 31.2 Å². The maximum absolute atomic E-state index is 12.8. The van der Waals surface area contributed by atoms with Gasteiger partial charge in [0, 0.05) is 17.4 Å². The lowest BCUT2D eigenvalue weighted by atomic mass is 10.2. The molecule has 0 aliphatic heterocycles. The molecule has 0 spiro atoms. The second kappa shape index (κ2) is 7.45. The number of nitrogens with one attached hydrogen (secondary N) is 2. The summed E-state index contributed by atoms with van der Waals surface area (Å²) in [6.45, 7) is 1.94. The molecule has 0 fully saturated rings. The fourth-order valence-electron chi connectivity index (χ4n) is 2.39. The third kappa shape index (κ3) is 4.81. The minimum absolute atomic E-state index is 0.0255. The van der Waals surface area contributed by atoms with Crippen LogP contribution >= 0.6 is 0 Å². The molecule has 0 bridgehead atoms. The Kier molecular flexibility index (Phi) is 5.07. The van der Waals surface area contributed by atoms with Crippen molar-refractivity contribution in [2.75, 3.05) is 10.6 Å². The fourth-order valence-corrected chi connectivity index (χ4v) is 2.39. The molecule has 0 radical (unpaired) electrons. The van der Waals surface area contributed by atoms with Crippen LogP contribution in [0.3, 0.4) is 0 Å². The highest BCUT2D eigenvalue weighted by Crippen LogP contribution is 2.30. The van der Waals surface area contributed by atoms with Gasteiger partial charge in [0.25, 0.3) is 5.91 Å². The van der Waals surface area contributed by atoms with Crippen molar-refractivity contribution in [1.29, 1.82) is 0 Å². The zero-order valence-electron chi connectivity index (χ0n) is 14.2. The minimum Gasteiger partial charge on any atom is -0.340 e. The maximum atomic E-state index is 12.8. The van der Waals surface area contributed by atoms with Gasteiger partial charge in [-0.15, -0.1) is 0 Å². The molecule has 1 heterocycles. The van der Waals surface area contributed by atoms with Crippen LogP contribution in [0.15, 0.2) is 60.9 Å². The van der Waals surface area contributed by atoms with Crippen LogP contribution in [0, 0.1) is 6.92 Å². The third-order valence-corrected chi connectivity index (χ3v) is 3.64. The van der Waals surface area contributed by atoms with Gasteiger partial charge >= 0.3 is 6.18 Å². The van der Waals surface area contributed by atoms with Crippen LogP contribution in [-0.4, -0.2) is 15.9 Å². The van der Waals surface area contributed by atoms with E-state index in [1.165, 1.54) is 24.5 Å². The Balaban J connectivity index is 1.76. The molecule has 0 saturated carbocycles. The summed E-state index contributed by atoms with van der Waals surface area (Å²) in [5.41, 5.74) is 1.05. The van der Waals surface area contributed by atoms with Crippen molar-refractivity contribution >= 4 is 23.1 Å². The van der Waals surface area contributed by atoms with Gasteiger partial charge in [-0.05, 0) is 42.8 Å². The van der Waals surface area contributed by atoms with Crippen molar-refractivity contribution in [3.05, 3.63) is 77.7 Å². The van der Waals surface area contributed by atoms with Crippen LogP contribution in [0.1, 0.15) is 21.6 Å². The summed E-state index contributed by atoms with van der Waals surface area (Å²) in [6.07, 6.45) is -3.28. The number of rotatable bonds is 4. The highest BCUT2D eigenvalue weighted by atomic mass is 19.4. The summed E-state index contributed by atoms with van der Waals surface area (Å²) in [7, 11) is 0. The standard InChI is InChI=1S/C19H15F3N4O/c1-12-4-2-6-14(8-12)25-17-10-16(23-11-24-17)18(27)26-15-7-3-5-13(9-15)19(20,21)22/h2-11H,1H3,(H,26,27)(H,23,24,25). The van der Waals surface area contributed by atoms with Crippen LogP contribution in [0.5, 0.6) is 0 Å². The van der Waals surface area contributed by atoms with Gasteiger partial charge in [-0.3, -0.25) is 4.79 Å². The highest BCUT2D eigenvalue weighted by molar-refractivity contribution is 6.03. The van der Waals surface area contributed by atoms with Crippen molar-refractivity contribution in [1.82, 2.24) is 9.97 Å². The van der Waals surface area contributed by atoms with Gasteiger partial charge in [0.05, 0.1) is 5.56 Å². The van der Waals surface area contributed by atoms with Gasteiger partial charge in [-0.2, -0.15) is 13.2 Å². The van der Waals surface area contributed by atoms with Crippen molar-refractivity contribution < 1.29 is 18.0 Å². The molecular weight excluding hydrogens is 357 g/mol. The molecule has 0 aliphatic rings. The molecular formula is C19H15F3N4O. The van der Waals surface area contributed by atoms with Crippen molar-refractivity contribution in [3.63, 3.8) is 0 Å². The number of amides is 1. The summed E-state index contributed by atoms with van der Waals surface area (Å²) >= 11 is 0. The van der Waals surface area contributed by atoms with Gasteiger partial charge in [-0.25, -0.2) is 9.97 Å². The van der Waals surface area contributed by atoms with Crippen LogP contribution in [0.4, 0.5) is 30.4 Å². The lowest BCUT2D eigenvalue weighted by Crippen LogP contribution is -2.15. The second-order valence-corrected chi connectivity index (χ2v) is 5.82. The van der Waals surface area contributed by atoms with Gasteiger partial charge in [0.15, 0.2) is 0 Å². The number of halogens is 3. The molecule has 1 amide bonds. The maximum Gasteiger partial charge on any atom is 0.416 e. The third-order valence-electron chi connectivity index (χ3n) is 3.64. The molecule has 5 nitrogen and oxygen atoms in total. The Morgan fingerprint density at radius 1 is 0.963 bits per heavy atom. The van der Waals surface area contributed by atoms with E-state index in [9.17, 15) is 18.0 Å². The van der Waals surface area contributed by atoms with E-state index in [2.05, 4.69) is 20.6 Å². The first-order valence-corrected chi connectivity index (χ1v) is 7.95. The number of aryl methyl sites for hydroxylation is 1. The zero-order chi connectivity index (χ0) is 19.4. The Hall–Kier alpha value is -3.42. The first-order chi connectivity index (χ1) is 12.8. The molecule has 2 aromatic carbocycles. The van der Waals surface area contributed by atoms with Crippen molar-refractivity contribution in [2.24, 2.45) is 0 Å². The Bertz CT molecular complexity index is 973. The number of aromatic nitrogens is 2. The van der Waals surface area contributed by atoms with E-state index in [-0.39, 0.29) is 11.4 Å². The number of benzene rings is 2. The van der Waals surface area contributed by atoms with Gasteiger partial charge in [0.2, 0.25) is 0 Å². The zero-order valence-corrected chi connectivity index (χ0v) is 14.2. The number of anilines is 3. The quantitative estimate of drug-likeness (QED) is 0.690. The summed E-state index contributed by atoms with van der Waals surface area (Å²) < 4.78 is 38.3. The van der Waals surface area contributed by atoms with Gasteiger partial charge < -0.3 is 10.6 Å². The normalized spacial score (nSPS) is 11.1. The number of carbonyl (C=O) groups excluding carboxylic acids is 1. The highest BCUT2D eigenvalue weighted by Gasteiger charge is 2.30. The fraction of sp³-hybridized carbons (Fsp3) is 0.105. The molecule has 2 N–H and O–H groups in total. The lowest BCUT2D eigenvalue weighted by molar-refractivity contribution is -0.137. The minimum atomic E-state index is -4.49. The molecule has 8 heteroatoms. The van der Waals surface area contributed by atoms with E-state index in [1.54, 1.807) is 0 Å². The molecule has 138 valence electrons. The van der Waals surface area contributed by atoms with Gasteiger partial charge in [0.1, 0.15) is 17.8 Å². The predicted octanol–water partition coefficient (Wildman–Crippen LogP) is 4.80. The molecule has 3 rings (SSSR count). The second-order valence-electron chi connectivity index (χ2n) is 5.82. The van der Waals surface area contributed by atoms with Crippen LogP contribution in [0.2, 0.25) is 0 Å². The summed E-state index contributed by atoms with van der Waals surface area (Å²) in [5, 5.41) is 5.47. The summed E-state index contributed by atoms with van der Waals surface area (Å²) in [5.74, 6) is -0.242. The molecule has 0 atom stereocenters. The molecule has 0 saturated heterocycles. The molecule has 3 aromatic rings. The van der Waals surface area contributed by atoms with Crippen LogP contribution in [0.25, 0.3) is 0 Å². The van der Waals surface area contributed by atoms with Crippen LogP contribution < -0.4 is 10.6 Å². The molecule has 27 heavy (non-hydrogen) atoms. The SMILES string of the molecule is Cc1cccc(Nc2cc(C(=O)Nc3cccc(C(F)(F)F)c3)ncn2)c1. The first kappa shape index (κ1) is 18.4. The largest absolute Gasteiger partial charge is 0.416 e. The number of alkyl halides is 3. The van der Waals surface area contributed by atoms with Crippen molar-refractivity contribution in [3.8, 4) is 0 Å². The van der Waals surface area contributed by atoms with E-state index < -0.39 is 17.6 Å². The van der Waals surface area contributed by atoms with Crippen molar-refractivity contribution in [2.45, 2.75) is 13.1 Å². The number of hydrogen-bond donors (Lipinski definition) is 2. The molecule has 0 aliphatic carbocycles. The topological polar surface area (TPSA) is 66.9 Å². The Morgan fingerprint density at radius 3 is 2.44 bits per heavy atom. The molecule has 1 aromatic heterocycles. The molecule has 0 unspecified atom stereocenters. The van der Waals surface area contributed by atoms with Crippen LogP contribution in [-0.2, 0) is 6.18 Å². The average molecular weight is 372 g/mol. The smallest absolute Gasteiger partial charge is 0.340 e. The Labute approximate surface area is 153 Å². The summed E-state index contributed by atoms with van der Waals surface area (Å²) in [6, 6.07) is 13.4. The van der Waals surface area contributed by atoms with E-state index in [0.29, 0.717) is 5.82 Å². The number of nitrogens with zero attached hydrogens (tertiary/aromatic N) is 2.